The van der Waals surface area contributed by atoms with Crippen LogP contribution in [0.2, 0.25) is 5.04 Å². The van der Waals surface area contributed by atoms with Gasteiger partial charge in [-0.2, -0.15) is 0 Å². The van der Waals surface area contributed by atoms with Gasteiger partial charge in [0, 0.05) is 12.8 Å². The van der Waals surface area contributed by atoms with E-state index in [0.717, 1.165) is 15.9 Å². The second kappa shape index (κ2) is 12.5. The fourth-order valence-electron chi connectivity index (χ4n) is 6.22. The highest BCUT2D eigenvalue weighted by Crippen LogP contribution is 2.42. The average molecular weight is 604 g/mol. The van der Waals surface area contributed by atoms with Crippen molar-refractivity contribution in [2.75, 3.05) is 20.8 Å². The molecule has 2 atom stereocenters. The molecule has 0 radical (unpaired) electrons. The van der Waals surface area contributed by atoms with Gasteiger partial charge in [0.1, 0.15) is 16.9 Å². The van der Waals surface area contributed by atoms with Crippen molar-refractivity contribution in [2.45, 2.75) is 76.7 Å². The van der Waals surface area contributed by atoms with Gasteiger partial charge >= 0.3 is 12.1 Å². The Morgan fingerprint density at radius 3 is 1.81 bits per heavy atom. The van der Waals surface area contributed by atoms with E-state index in [0.29, 0.717) is 5.75 Å². The van der Waals surface area contributed by atoms with E-state index in [1.807, 2.05) is 81.4 Å². The van der Waals surface area contributed by atoms with Crippen LogP contribution < -0.4 is 15.1 Å². The van der Waals surface area contributed by atoms with Crippen molar-refractivity contribution in [3.8, 4) is 5.75 Å². The van der Waals surface area contributed by atoms with Crippen molar-refractivity contribution in [1.29, 1.82) is 0 Å². The molecule has 3 aromatic carbocycles. The summed E-state index contributed by atoms with van der Waals surface area (Å²) < 4.78 is 24.1. The summed E-state index contributed by atoms with van der Waals surface area (Å²) in [6, 6.07) is 28.2. The minimum atomic E-state index is -2.98. The minimum absolute atomic E-state index is 0.185. The molecule has 0 bridgehead atoms. The summed E-state index contributed by atoms with van der Waals surface area (Å²) in [5.41, 5.74) is -1.22. The number of benzene rings is 3. The molecular weight excluding hydrogens is 558 g/mol. The van der Waals surface area contributed by atoms with E-state index in [1.165, 1.54) is 12.0 Å². The smallest absolute Gasteiger partial charge is 0.411 e. The van der Waals surface area contributed by atoms with Crippen LogP contribution >= 0.6 is 0 Å². The number of amides is 1. The van der Waals surface area contributed by atoms with E-state index in [2.05, 4.69) is 45.0 Å². The van der Waals surface area contributed by atoms with Crippen molar-refractivity contribution in [3.63, 3.8) is 0 Å². The second-order valence-corrected chi connectivity index (χ2v) is 17.5. The van der Waals surface area contributed by atoms with Crippen molar-refractivity contribution in [2.24, 2.45) is 0 Å². The molecule has 3 aromatic rings. The monoisotopic (exact) mass is 603 g/mol. The van der Waals surface area contributed by atoms with Crippen molar-refractivity contribution < 1.29 is 28.2 Å². The van der Waals surface area contributed by atoms with Crippen LogP contribution in [-0.2, 0) is 25.1 Å². The molecule has 0 aromatic heterocycles. The number of carbonyl (C=O) groups excluding carboxylic acids is 2. The van der Waals surface area contributed by atoms with E-state index in [9.17, 15) is 9.59 Å². The molecule has 1 heterocycles. The van der Waals surface area contributed by atoms with E-state index in [4.69, 9.17) is 18.6 Å². The molecule has 1 fully saturated rings. The molecule has 0 saturated carbocycles. The van der Waals surface area contributed by atoms with Crippen LogP contribution in [0, 0.1) is 0 Å². The topological polar surface area (TPSA) is 74.3 Å². The van der Waals surface area contributed by atoms with E-state index in [1.54, 1.807) is 7.11 Å². The van der Waals surface area contributed by atoms with Crippen molar-refractivity contribution in [3.05, 3.63) is 90.5 Å². The third-order valence-corrected chi connectivity index (χ3v) is 13.2. The zero-order valence-corrected chi connectivity index (χ0v) is 27.7. The van der Waals surface area contributed by atoms with Crippen LogP contribution in [0.15, 0.2) is 84.9 Å². The Balaban J connectivity index is 1.85. The number of likely N-dealkylation sites (tertiary alicyclic amines) is 1. The van der Waals surface area contributed by atoms with Crippen molar-refractivity contribution >= 4 is 30.8 Å². The Morgan fingerprint density at radius 2 is 1.37 bits per heavy atom. The van der Waals surface area contributed by atoms with Crippen molar-refractivity contribution in [1.82, 2.24) is 4.90 Å². The summed E-state index contributed by atoms with van der Waals surface area (Å²) in [6.45, 7) is 12.3. The summed E-state index contributed by atoms with van der Waals surface area (Å²) in [4.78, 5) is 29.3. The Labute approximate surface area is 257 Å². The van der Waals surface area contributed by atoms with Gasteiger partial charge in [-0.1, -0.05) is 93.6 Å². The maximum Gasteiger partial charge on any atom is 0.411 e. The molecule has 8 heteroatoms. The minimum Gasteiger partial charge on any atom is -0.497 e. The summed E-state index contributed by atoms with van der Waals surface area (Å²) in [5.74, 6) is 0.210. The molecule has 1 aliphatic heterocycles. The van der Waals surface area contributed by atoms with E-state index >= 15 is 0 Å². The van der Waals surface area contributed by atoms with E-state index in [-0.39, 0.29) is 24.4 Å². The Hall–Kier alpha value is -3.62. The molecule has 1 saturated heterocycles. The highest BCUT2D eigenvalue weighted by molar-refractivity contribution is 6.99. The van der Waals surface area contributed by atoms with Gasteiger partial charge in [-0.25, -0.2) is 9.59 Å². The lowest BCUT2D eigenvalue weighted by Gasteiger charge is -2.44. The SMILES string of the molecule is COC(=O)[C@@]1(Cc2ccc(OC)cc2)C[C@@H](O[Si](c2ccccc2)(c2ccccc2)C(C)(C)C)CN1C(=O)OC(C)(C)C. The zero-order valence-electron chi connectivity index (χ0n) is 26.7. The summed E-state index contributed by atoms with van der Waals surface area (Å²) in [5, 5.41) is 1.98. The van der Waals surface area contributed by atoms with Crippen LogP contribution in [0.1, 0.15) is 53.5 Å². The predicted octanol–water partition coefficient (Wildman–Crippen LogP) is 5.74. The first-order valence-electron chi connectivity index (χ1n) is 14.8. The van der Waals surface area contributed by atoms with E-state index < -0.39 is 37.6 Å². The number of nitrogens with zero attached hydrogens (tertiary/aromatic N) is 1. The standard InChI is InChI=1S/C35H45NO6Si/c1-33(2,3)41-32(38)36-25-28(24-35(36,31(37)40-8)23-26-19-21-27(39-7)22-20-26)42-43(34(4,5)6,29-15-11-9-12-16-29)30-17-13-10-14-18-30/h9-22,28H,23-25H2,1-8H3/t28-,35-/m1/s1. The molecule has 1 aliphatic rings. The lowest BCUT2D eigenvalue weighted by Crippen LogP contribution is -2.67. The molecule has 0 N–H and O–H groups in total. The third kappa shape index (κ3) is 6.65. The largest absolute Gasteiger partial charge is 0.497 e. The summed E-state index contributed by atoms with van der Waals surface area (Å²) in [6.07, 6.45) is -0.532. The van der Waals surface area contributed by atoms with Crippen LogP contribution in [0.3, 0.4) is 0 Å². The third-order valence-electron chi connectivity index (χ3n) is 8.06. The number of methoxy groups -OCH3 is 2. The second-order valence-electron chi connectivity index (χ2n) is 13.2. The average Bonchev–Trinajstić information content (AvgIpc) is 3.34. The Morgan fingerprint density at radius 1 is 0.837 bits per heavy atom. The lowest BCUT2D eigenvalue weighted by molar-refractivity contribution is -0.153. The van der Waals surface area contributed by atoms with Gasteiger partial charge in [0.05, 0.1) is 26.9 Å². The summed E-state index contributed by atoms with van der Waals surface area (Å²) in [7, 11) is -0.0120. The molecule has 1 amide bonds. The van der Waals surface area contributed by atoms with Gasteiger partial charge in [0.25, 0.3) is 8.32 Å². The fourth-order valence-corrected chi connectivity index (χ4v) is 10.9. The Bertz CT molecular complexity index is 1340. The first-order valence-corrected chi connectivity index (χ1v) is 16.7. The van der Waals surface area contributed by atoms with Gasteiger partial charge in [0.15, 0.2) is 0 Å². The predicted molar refractivity (Wildman–Crippen MR) is 171 cm³/mol. The number of esters is 1. The highest BCUT2D eigenvalue weighted by atomic mass is 28.4. The lowest BCUT2D eigenvalue weighted by atomic mass is 9.87. The van der Waals surface area contributed by atoms with Crippen LogP contribution in [0.5, 0.6) is 5.75 Å². The number of carbonyl (C=O) groups is 2. The Kier molecular flexibility index (Phi) is 9.42. The number of rotatable bonds is 8. The number of hydrogen-bond acceptors (Lipinski definition) is 6. The highest BCUT2D eigenvalue weighted by Gasteiger charge is 2.59. The number of hydrogen-bond donors (Lipinski definition) is 0. The molecule has 0 spiro atoms. The quantitative estimate of drug-likeness (QED) is 0.242. The van der Waals surface area contributed by atoms with Gasteiger partial charge in [-0.05, 0) is 53.9 Å². The molecule has 4 rings (SSSR count). The molecule has 0 aliphatic carbocycles. The molecule has 43 heavy (non-hydrogen) atoms. The number of ether oxygens (including phenoxy) is 3. The first-order chi connectivity index (χ1) is 20.3. The van der Waals surface area contributed by atoms with Gasteiger partial charge in [0.2, 0.25) is 0 Å². The van der Waals surface area contributed by atoms with Gasteiger partial charge < -0.3 is 18.6 Å². The van der Waals surface area contributed by atoms with Crippen LogP contribution in [-0.4, -0.2) is 63.3 Å². The van der Waals surface area contributed by atoms with Gasteiger partial charge in [-0.3, -0.25) is 4.90 Å². The van der Waals surface area contributed by atoms with Crippen LogP contribution in [0.4, 0.5) is 4.79 Å². The molecular formula is C35H45NO6Si. The molecule has 7 nitrogen and oxygen atoms in total. The fraction of sp³-hybridized carbons (Fsp3) is 0.429. The zero-order chi connectivity index (χ0) is 31.5. The van der Waals surface area contributed by atoms with Crippen LogP contribution in [0.25, 0.3) is 0 Å². The first kappa shape index (κ1) is 32.3. The normalized spacial score (nSPS) is 19.2. The molecule has 230 valence electrons. The molecule has 0 unspecified atom stereocenters. The maximum absolute atomic E-state index is 13.9. The summed E-state index contributed by atoms with van der Waals surface area (Å²) >= 11 is 0. The van der Waals surface area contributed by atoms with Gasteiger partial charge in [-0.15, -0.1) is 0 Å². The maximum atomic E-state index is 13.9.